The normalized spacial score (nSPS) is 10.0. The van der Waals surface area contributed by atoms with Gasteiger partial charge in [0.05, 0.1) is 0 Å². The van der Waals surface area contributed by atoms with Crippen LogP contribution in [-0.4, -0.2) is 4.98 Å². The van der Waals surface area contributed by atoms with Gasteiger partial charge in [-0.1, -0.05) is 12.1 Å². The minimum absolute atomic E-state index is 0.107. The van der Waals surface area contributed by atoms with Crippen molar-refractivity contribution in [2.75, 3.05) is 5.73 Å². The van der Waals surface area contributed by atoms with E-state index in [2.05, 4.69) is 4.98 Å². The van der Waals surface area contributed by atoms with Crippen molar-refractivity contribution >= 4 is 5.69 Å². The summed E-state index contributed by atoms with van der Waals surface area (Å²) in [6, 6.07) is 10.8. The highest BCUT2D eigenvalue weighted by atomic mass is 16.1. The van der Waals surface area contributed by atoms with Gasteiger partial charge in [-0.15, -0.1) is 0 Å². The first-order chi connectivity index (χ1) is 6.75. The van der Waals surface area contributed by atoms with E-state index >= 15 is 0 Å². The van der Waals surface area contributed by atoms with Crippen LogP contribution in [0.5, 0.6) is 0 Å². The SMILES string of the molecule is Nc1cccc(-c2cc[nH]c(=O)c2)c1. The van der Waals surface area contributed by atoms with Gasteiger partial charge in [-0.3, -0.25) is 4.79 Å². The van der Waals surface area contributed by atoms with E-state index in [0.29, 0.717) is 5.69 Å². The van der Waals surface area contributed by atoms with Crippen LogP contribution in [0.1, 0.15) is 0 Å². The fourth-order valence-electron chi connectivity index (χ4n) is 1.34. The molecule has 2 aromatic rings. The third kappa shape index (κ3) is 1.66. The summed E-state index contributed by atoms with van der Waals surface area (Å²) in [6.45, 7) is 0. The van der Waals surface area contributed by atoms with Crippen molar-refractivity contribution in [3.8, 4) is 11.1 Å². The molecule has 0 aliphatic carbocycles. The Kier molecular flexibility index (Phi) is 2.07. The predicted octanol–water partition coefficient (Wildman–Crippen LogP) is 1.62. The second-order valence-electron chi connectivity index (χ2n) is 3.07. The number of nitrogens with one attached hydrogen (secondary N) is 1. The number of H-pyrrole nitrogens is 1. The molecule has 3 heteroatoms. The highest BCUT2D eigenvalue weighted by Crippen LogP contribution is 2.18. The lowest BCUT2D eigenvalue weighted by molar-refractivity contribution is 1.24. The molecule has 0 radical (unpaired) electrons. The summed E-state index contributed by atoms with van der Waals surface area (Å²) in [4.78, 5) is 13.6. The maximum atomic E-state index is 11.1. The molecule has 0 fully saturated rings. The lowest BCUT2D eigenvalue weighted by atomic mass is 10.1. The topological polar surface area (TPSA) is 58.9 Å². The molecule has 1 aromatic heterocycles. The molecule has 2 rings (SSSR count). The van der Waals surface area contributed by atoms with E-state index in [9.17, 15) is 4.79 Å². The number of nitrogen functional groups attached to an aromatic ring is 1. The van der Waals surface area contributed by atoms with Crippen molar-refractivity contribution in [2.45, 2.75) is 0 Å². The lowest BCUT2D eigenvalue weighted by Gasteiger charge is -2.01. The number of aromatic amines is 1. The van der Waals surface area contributed by atoms with E-state index in [1.807, 2.05) is 30.3 Å². The van der Waals surface area contributed by atoms with Crippen molar-refractivity contribution in [1.29, 1.82) is 0 Å². The molecule has 0 saturated heterocycles. The van der Waals surface area contributed by atoms with E-state index in [0.717, 1.165) is 11.1 Å². The van der Waals surface area contributed by atoms with Gasteiger partial charge < -0.3 is 10.7 Å². The molecule has 0 unspecified atom stereocenters. The summed E-state index contributed by atoms with van der Waals surface area (Å²) >= 11 is 0. The molecule has 0 amide bonds. The number of hydrogen-bond donors (Lipinski definition) is 2. The molecule has 0 bridgehead atoms. The van der Waals surface area contributed by atoms with Crippen molar-refractivity contribution in [3.63, 3.8) is 0 Å². The van der Waals surface area contributed by atoms with Crippen LogP contribution in [0.4, 0.5) is 5.69 Å². The average molecular weight is 186 g/mol. The molecule has 0 atom stereocenters. The molecule has 0 aliphatic heterocycles. The molecular weight excluding hydrogens is 176 g/mol. The number of hydrogen-bond acceptors (Lipinski definition) is 2. The third-order valence-electron chi connectivity index (χ3n) is 2.00. The summed E-state index contributed by atoms with van der Waals surface area (Å²) in [7, 11) is 0. The zero-order valence-electron chi connectivity index (χ0n) is 7.53. The van der Waals surface area contributed by atoms with Gasteiger partial charge in [0.15, 0.2) is 0 Å². The van der Waals surface area contributed by atoms with Crippen LogP contribution in [0.2, 0.25) is 0 Å². The fraction of sp³-hybridized carbons (Fsp3) is 0. The standard InChI is InChI=1S/C11H10N2O/c12-10-3-1-2-8(6-10)9-4-5-13-11(14)7-9/h1-7H,12H2,(H,13,14). The van der Waals surface area contributed by atoms with Gasteiger partial charge in [-0.2, -0.15) is 0 Å². The second-order valence-corrected chi connectivity index (χ2v) is 3.07. The molecular formula is C11H10N2O. The molecule has 0 aliphatic rings. The van der Waals surface area contributed by atoms with Crippen molar-refractivity contribution in [1.82, 2.24) is 4.98 Å². The summed E-state index contributed by atoms with van der Waals surface area (Å²) in [6.07, 6.45) is 1.63. The molecule has 70 valence electrons. The highest BCUT2D eigenvalue weighted by Gasteiger charge is 1.97. The van der Waals surface area contributed by atoms with Gasteiger partial charge in [-0.05, 0) is 29.3 Å². The summed E-state index contributed by atoms with van der Waals surface area (Å²) in [5, 5.41) is 0. The van der Waals surface area contributed by atoms with Crippen molar-refractivity contribution < 1.29 is 0 Å². The summed E-state index contributed by atoms with van der Waals surface area (Å²) in [5.74, 6) is 0. The molecule has 3 nitrogen and oxygen atoms in total. The van der Waals surface area contributed by atoms with Crippen LogP contribution in [0.15, 0.2) is 47.4 Å². The maximum absolute atomic E-state index is 11.1. The van der Waals surface area contributed by atoms with Crippen LogP contribution in [-0.2, 0) is 0 Å². The average Bonchev–Trinajstić information content (AvgIpc) is 2.18. The van der Waals surface area contributed by atoms with Gasteiger partial charge >= 0.3 is 0 Å². The number of anilines is 1. The van der Waals surface area contributed by atoms with Crippen molar-refractivity contribution in [2.24, 2.45) is 0 Å². The Hall–Kier alpha value is -2.03. The first-order valence-corrected chi connectivity index (χ1v) is 4.30. The van der Waals surface area contributed by atoms with Crippen LogP contribution in [0.25, 0.3) is 11.1 Å². The predicted molar refractivity (Wildman–Crippen MR) is 56.9 cm³/mol. The zero-order valence-corrected chi connectivity index (χ0v) is 7.53. The smallest absolute Gasteiger partial charge is 0.248 e. The van der Waals surface area contributed by atoms with Gasteiger partial charge in [0, 0.05) is 18.0 Å². The minimum atomic E-state index is -0.107. The first kappa shape index (κ1) is 8.56. The molecule has 14 heavy (non-hydrogen) atoms. The number of benzene rings is 1. The number of nitrogens with two attached hydrogens (primary N) is 1. The molecule has 0 spiro atoms. The lowest BCUT2D eigenvalue weighted by Crippen LogP contribution is -2.02. The summed E-state index contributed by atoms with van der Waals surface area (Å²) in [5.41, 5.74) is 8.07. The van der Waals surface area contributed by atoms with E-state index in [1.165, 1.54) is 0 Å². The van der Waals surface area contributed by atoms with E-state index in [1.54, 1.807) is 12.3 Å². The Bertz CT molecular complexity index is 502. The monoisotopic (exact) mass is 186 g/mol. The third-order valence-corrected chi connectivity index (χ3v) is 2.00. The van der Waals surface area contributed by atoms with Gasteiger partial charge in [0.2, 0.25) is 5.56 Å². The zero-order chi connectivity index (χ0) is 9.97. The summed E-state index contributed by atoms with van der Waals surface area (Å²) < 4.78 is 0. The largest absolute Gasteiger partial charge is 0.399 e. The van der Waals surface area contributed by atoms with Gasteiger partial charge in [0.1, 0.15) is 0 Å². The van der Waals surface area contributed by atoms with E-state index in [-0.39, 0.29) is 5.56 Å². The molecule has 0 saturated carbocycles. The van der Waals surface area contributed by atoms with Gasteiger partial charge in [-0.25, -0.2) is 0 Å². The van der Waals surface area contributed by atoms with Crippen molar-refractivity contribution in [3.05, 3.63) is 52.9 Å². The minimum Gasteiger partial charge on any atom is -0.399 e. The van der Waals surface area contributed by atoms with Crippen LogP contribution in [0.3, 0.4) is 0 Å². The first-order valence-electron chi connectivity index (χ1n) is 4.30. The quantitative estimate of drug-likeness (QED) is 0.665. The van der Waals surface area contributed by atoms with Gasteiger partial charge in [0.25, 0.3) is 0 Å². The Morgan fingerprint density at radius 2 is 1.86 bits per heavy atom. The Labute approximate surface area is 81.2 Å². The van der Waals surface area contributed by atoms with Crippen LogP contribution >= 0.6 is 0 Å². The molecule has 3 N–H and O–H groups in total. The Morgan fingerprint density at radius 1 is 1.07 bits per heavy atom. The Balaban J connectivity index is 2.55. The van der Waals surface area contributed by atoms with E-state index < -0.39 is 0 Å². The van der Waals surface area contributed by atoms with Crippen LogP contribution in [0, 0.1) is 0 Å². The fourth-order valence-corrected chi connectivity index (χ4v) is 1.34. The number of aromatic nitrogens is 1. The van der Waals surface area contributed by atoms with E-state index in [4.69, 9.17) is 5.73 Å². The number of pyridine rings is 1. The molecule has 1 aromatic carbocycles. The highest BCUT2D eigenvalue weighted by molar-refractivity contribution is 5.66. The molecule has 1 heterocycles. The Morgan fingerprint density at radius 3 is 2.57 bits per heavy atom. The van der Waals surface area contributed by atoms with Crippen LogP contribution < -0.4 is 11.3 Å². The number of rotatable bonds is 1. The maximum Gasteiger partial charge on any atom is 0.248 e. The second kappa shape index (κ2) is 3.38.